The molecule has 1 aromatic carbocycles. The number of hydrogen-bond donors (Lipinski definition) is 1. The fraction of sp³-hybridized carbons (Fsp3) is 0.412. The number of rotatable bonds is 7. The fourth-order valence-electron chi connectivity index (χ4n) is 2.23. The molecule has 0 aliphatic carbocycles. The van der Waals surface area contributed by atoms with Gasteiger partial charge in [-0.15, -0.1) is 11.3 Å². The van der Waals surface area contributed by atoms with Crippen LogP contribution in [0.5, 0.6) is 0 Å². The minimum atomic E-state index is -0.172. The second kappa shape index (κ2) is 7.69. The van der Waals surface area contributed by atoms with Gasteiger partial charge in [0.15, 0.2) is 0 Å². The van der Waals surface area contributed by atoms with E-state index in [0.29, 0.717) is 5.56 Å². The summed E-state index contributed by atoms with van der Waals surface area (Å²) in [5.74, 6) is -0.172. The zero-order valence-corrected chi connectivity index (χ0v) is 13.5. The maximum absolute atomic E-state index is 13.6. The molecule has 21 heavy (non-hydrogen) atoms. The Morgan fingerprint density at radius 2 is 2.10 bits per heavy atom. The lowest BCUT2D eigenvalue weighted by molar-refractivity contribution is 0.323. The van der Waals surface area contributed by atoms with Crippen LogP contribution in [0.2, 0.25) is 0 Å². The Bertz CT molecular complexity index is 554. The van der Waals surface area contributed by atoms with Crippen molar-refractivity contribution in [2.75, 3.05) is 20.1 Å². The van der Waals surface area contributed by atoms with Crippen molar-refractivity contribution in [3.05, 3.63) is 57.5 Å². The molecule has 0 spiro atoms. The highest BCUT2D eigenvalue weighted by molar-refractivity contribution is 7.09. The molecule has 114 valence electrons. The van der Waals surface area contributed by atoms with E-state index in [4.69, 9.17) is 5.73 Å². The van der Waals surface area contributed by atoms with E-state index < -0.39 is 0 Å². The third-order valence-electron chi connectivity index (χ3n) is 3.77. The van der Waals surface area contributed by atoms with Gasteiger partial charge in [-0.2, -0.15) is 0 Å². The third kappa shape index (κ3) is 4.92. The van der Waals surface area contributed by atoms with Crippen LogP contribution in [0.25, 0.3) is 0 Å². The van der Waals surface area contributed by atoms with Crippen LogP contribution < -0.4 is 5.73 Å². The van der Waals surface area contributed by atoms with Gasteiger partial charge < -0.3 is 10.6 Å². The van der Waals surface area contributed by atoms with E-state index in [2.05, 4.69) is 29.5 Å². The molecule has 0 aliphatic rings. The van der Waals surface area contributed by atoms with Crippen molar-refractivity contribution < 1.29 is 4.39 Å². The number of thiophene rings is 1. The fourth-order valence-corrected chi connectivity index (χ4v) is 2.93. The van der Waals surface area contributed by atoms with Gasteiger partial charge in [-0.1, -0.05) is 18.2 Å². The number of benzene rings is 1. The Balaban J connectivity index is 1.77. The molecule has 2 aromatic rings. The van der Waals surface area contributed by atoms with E-state index in [-0.39, 0.29) is 11.9 Å². The van der Waals surface area contributed by atoms with Crippen molar-refractivity contribution in [3.63, 3.8) is 0 Å². The van der Waals surface area contributed by atoms with Gasteiger partial charge >= 0.3 is 0 Å². The summed E-state index contributed by atoms with van der Waals surface area (Å²) < 4.78 is 13.6. The van der Waals surface area contributed by atoms with Crippen LogP contribution in [0.15, 0.2) is 35.7 Å². The summed E-state index contributed by atoms with van der Waals surface area (Å²) >= 11 is 1.80. The molecule has 0 saturated heterocycles. The molecule has 1 unspecified atom stereocenters. The van der Waals surface area contributed by atoms with Crippen molar-refractivity contribution >= 4 is 11.3 Å². The zero-order valence-electron chi connectivity index (χ0n) is 12.7. The van der Waals surface area contributed by atoms with Gasteiger partial charge in [-0.05, 0) is 62.0 Å². The van der Waals surface area contributed by atoms with Crippen molar-refractivity contribution in [1.82, 2.24) is 4.90 Å². The molecule has 0 bridgehead atoms. The van der Waals surface area contributed by atoms with Crippen molar-refractivity contribution in [2.24, 2.45) is 5.73 Å². The van der Waals surface area contributed by atoms with Gasteiger partial charge in [0.25, 0.3) is 0 Å². The summed E-state index contributed by atoms with van der Waals surface area (Å²) in [5, 5.41) is 2.11. The van der Waals surface area contributed by atoms with Gasteiger partial charge in [0.05, 0.1) is 0 Å². The van der Waals surface area contributed by atoms with Gasteiger partial charge in [0, 0.05) is 17.5 Å². The summed E-state index contributed by atoms with van der Waals surface area (Å²) in [6, 6.07) is 9.43. The standard InChI is InChI=1S/C17H23FN2S/c1-13-5-6-14(12-16(13)18)17(19)8-10-20(2)9-7-15-4-3-11-21-15/h3-6,11-12,17H,7-10,19H2,1-2H3. The molecular formula is C17H23FN2S. The number of halogens is 1. The molecule has 0 saturated carbocycles. The lowest BCUT2D eigenvalue weighted by atomic mass is 10.0. The first-order valence-electron chi connectivity index (χ1n) is 7.29. The Hall–Kier alpha value is -1.23. The van der Waals surface area contributed by atoms with Crippen LogP contribution in [-0.2, 0) is 6.42 Å². The molecule has 0 radical (unpaired) electrons. The van der Waals surface area contributed by atoms with Crippen molar-refractivity contribution in [2.45, 2.75) is 25.8 Å². The lowest BCUT2D eigenvalue weighted by Gasteiger charge is -2.19. The largest absolute Gasteiger partial charge is 0.324 e. The van der Waals surface area contributed by atoms with Crippen LogP contribution in [0.4, 0.5) is 4.39 Å². The molecule has 0 fully saturated rings. The minimum Gasteiger partial charge on any atom is -0.324 e. The van der Waals surface area contributed by atoms with E-state index in [0.717, 1.165) is 31.5 Å². The highest BCUT2D eigenvalue weighted by atomic mass is 32.1. The summed E-state index contributed by atoms with van der Waals surface area (Å²) in [7, 11) is 2.11. The number of aryl methyl sites for hydroxylation is 1. The summed E-state index contributed by atoms with van der Waals surface area (Å²) in [4.78, 5) is 3.69. The lowest BCUT2D eigenvalue weighted by Crippen LogP contribution is -2.25. The molecular weight excluding hydrogens is 283 g/mol. The van der Waals surface area contributed by atoms with E-state index in [9.17, 15) is 4.39 Å². The molecule has 2 N–H and O–H groups in total. The van der Waals surface area contributed by atoms with Crippen molar-refractivity contribution in [3.8, 4) is 0 Å². The van der Waals surface area contributed by atoms with Gasteiger partial charge in [0.1, 0.15) is 5.82 Å². The van der Waals surface area contributed by atoms with E-state index in [1.54, 1.807) is 30.4 Å². The Morgan fingerprint density at radius 1 is 1.29 bits per heavy atom. The van der Waals surface area contributed by atoms with E-state index >= 15 is 0 Å². The van der Waals surface area contributed by atoms with Gasteiger partial charge in [-0.25, -0.2) is 4.39 Å². The molecule has 1 atom stereocenters. The first-order chi connectivity index (χ1) is 10.1. The minimum absolute atomic E-state index is 0.107. The zero-order chi connectivity index (χ0) is 15.2. The normalized spacial score (nSPS) is 12.8. The van der Waals surface area contributed by atoms with Crippen LogP contribution in [0.3, 0.4) is 0 Å². The van der Waals surface area contributed by atoms with Gasteiger partial charge in [0.2, 0.25) is 0 Å². The van der Waals surface area contributed by atoms with E-state index in [1.807, 2.05) is 6.07 Å². The molecule has 0 amide bonds. The predicted octanol–water partition coefficient (Wildman–Crippen LogP) is 3.76. The SMILES string of the molecule is Cc1ccc(C(N)CCN(C)CCc2cccs2)cc1F. The highest BCUT2D eigenvalue weighted by Crippen LogP contribution is 2.18. The summed E-state index contributed by atoms with van der Waals surface area (Å²) in [6.07, 6.45) is 1.91. The topological polar surface area (TPSA) is 29.3 Å². The summed E-state index contributed by atoms with van der Waals surface area (Å²) in [5.41, 5.74) is 7.71. The molecule has 0 aliphatic heterocycles. The van der Waals surface area contributed by atoms with Crippen molar-refractivity contribution in [1.29, 1.82) is 0 Å². The summed E-state index contributed by atoms with van der Waals surface area (Å²) in [6.45, 7) is 3.71. The molecule has 2 rings (SSSR count). The maximum Gasteiger partial charge on any atom is 0.126 e. The van der Waals surface area contributed by atoms with Crippen LogP contribution in [0.1, 0.15) is 28.5 Å². The van der Waals surface area contributed by atoms with Crippen LogP contribution in [0, 0.1) is 12.7 Å². The second-order valence-corrected chi connectivity index (χ2v) is 6.57. The number of likely N-dealkylation sites (N-methyl/N-ethyl adjacent to an activating group) is 1. The first kappa shape index (κ1) is 16.1. The molecule has 1 heterocycles. The second-order valence-electron chi connectivity index (χ2n) is 5.54. The number of hydrogen-bond acceptors (Lipinski definition) is 3. The quantitative estimate of drug-likeness (QED) is 0.844. The molecule has 2 nitrogen and oxygen atoms in total. The predicted molar refractivity (Wildman–Crippen MR) is 88.2 cm³/mol. The first-order valence-corrected chi connectivity index (χ1v) is 8.17. The monoisotopic (exact) mass is 306 g/mol. The smallest absolute Gasteiger partial charge is 0.126 e. The number of nitrogens with zero attached hydrogens (tertiary/aromatic N) is 1. The highest BCUT2D eigenvalue weighted by Gasteiger charge is 2.10. The maximum atomic E-state index is 13.6. The van der Waals surface area contributed by atoms with E-state index in [1.165, 1.54) is 4.88 Å². The average Bonchev–Trinajstić information content (AvgIpc) is 2.98. The third-order valence-corrected chi connectivity index (χ3v) is 4.70. The molecule has 1 aromatic heterocycles. The van der Waals surface area contributed by atoms with Crippen LogP contribution in [-0.4, -0.2) is 25.0 Å². The Morgan fingerprint density at radius 3 is 2.76 bits per heavy atom. The average molecular weight is 306 g/mol. The number of nitrogens with two attached hydrogens (primary N) is 1. The molecule has 4 heteroatoms. The Labute approximate surface area is 130 Å². The Kier molecular flexibility index (Phi) is 5.91. The van der Waals surface area contributed by atoms with Gasteiger partial charge in [-0.3, -0.25) is 0 Å². The van der Waals surface area contributed by atoms with Crippen LogP contribution >= 0.6 is 11.3 Å².